The highest BCUT2D eigenvalue weighted by Crippen LogP contribution is 2.44. The van der Waals surface area contributed by atoms with Gasteiger partial charge in [0.05, 0.1) is 17.2 Å². The highest BCUT2D eigenvalue weighted by Gasteiger charge is 2.49. The van der Waals surface area contributed by atoms with Crippen LogP contribution in [0.25, 0.3) is 0 Å². The molecule has 2 saturated heterocycles. The van der Waals surface area contributed by atoms with Crippen molar-refractivity contribution in [2.75, 3.05) is 31.3 Å². The third-order valence-corrected chi connectivity index (χ3v) is 5.07. The van der Waals surface area contributed by atoms with E-state index < -0.39 is 5.60 Å². The van der Waals surface area contributed by atoms with E-state index in [1.165, 1.54) is 0 Å². The van der Waals surface area contributed by atoms with Crippen LogP contribution in [0.1, 0.15) is 19.3 Å². The average molecular weight is 270 g/mol. The van der Waals surface area contributed by atoms with Crippen molar-refractivity contribution in [3.05, 3.63) is 0 Å². The minimum absolute atomic E-state index is 0.0255. The van der Waals surface area contributed by atoms with Gasteiger partial charge in [0.15, 0.2) is 0 Å². The molecule has 0 aromatic rings. The van der Waals surface area contributed by atoms with E-state index in [9.17, 15) is 14.7 Å². The van der Waals surface area contributed by atoms with Crippen molar-refractivity contribution in [2.24, 2.45) is 5.92 Å². The lowest BCUT2D eigenvalue weighted by molar-refractivity contribution is -0.137. The van der Waals surface area contributed by atoms with Crippen LogP contribution in [0.2, 0.25) is 0 Å². The summed E-state index contributed by atoms with van der Waals surface area (Å²) in [6.07, 6.45) is 2.85. The minimum atomic E-state index is -0.653. The maximum atomic E-state index is 12.1. The number of amides is 2. The molecule has 1 aliphatic carbocycles. The molecule has 2 amide bonds. The lowest BCUT2D eigenvalue weighted by atomic mass is 9.97. The van der Waals surface area contributed by atoms with Gasteiger partial charge in [-0.05, 0) is 25.2 Å². The minimum Gasteiger partial charge on any atom is -0.388 e. The van der Waals surface area contributed by atoms with Gasteiger partial charge in [0.2, 0.25) is 11.8 Å². The van der Waals surface area contributed by atoms with E-state index in [4.69, 9.17) is 0 Å². The number of aliphatic hydroxyl groups is 1. The number of nitrogens with zero attached hydrogens (tertiary/aromatic N) is 2. The molecule has 0 spiro atoms. The van der Waals surface area contributed by atoms with Crippen molar-refractivity contribution in [1.82, 2.24) is 9.80 Å². The Morgan fingerprint density at radius 2 is 2.28 bits per heavy atom. The van der Waals surface area contributed by atoms with E-state index in [1.54, 1.807) is 21.6 Å². The molecule has 6 heteroatoms. The molecule has 3 fully saturated rings. The van der Waals surface area contributed by atoms with Crippen molar-refractivity contribution in [1.29, 1.82) is 0 Å². The Labute approximate surface area is 110 Å². The normalized spacial score (nSPS) is 32.4. The molecular formula is C12H18N2O3S. The van der Waals surface area contributed by atoms with Crippen molar-refractivity contribution in [3.63, 3.8) is 0 Å². The van der Waals surface area contributed by atoms with Gasteiger partial charge in [0, 0.05) is 13.1 Å². The van der Waals surface area contributed by atoms with Crippen LogP contribution in [-0.4, -0.2) is 63.6 Å². The molecule has 3 aliphatic rings. The molecule has 100 valence electrons. The van der Waals surface area contributed by atoms with Crippen molar-refractivity contribution >= 4 is 23.6 Å². The quantitative estimate of drug-likeness (QED) is 0.777. The number of β-amino-alcohol motifs (C(OH)–C–C–N with tert-alkyl or cyclic N) is 1. The Morgan fingerprint density at radius 1 is 1.50 bits per heavy atom. The number of hydrogen-bond donors (Lipinski definition) is 1. The molecule has 2 heterocycles. The van der Waals surface area contributed by atoms with Crippen LogP contribution in [0.4, 0.5) is 0 Å². The van der Waals surface area contributed by atoms with Crippen molar-refractivity contribution in [3.8, 4) is 0 Å². The first-order valence-corrected chi connectivity index (χ1v) is 7.60. The SMILES string of the molecule is O=C1CSCN1CC(=O)N1CCC(O)(C2CC2)C1. The maximum Gasteiger partial charge on any atom is 0.242 e. The Morgan fingerprint density at radius 3 is 2.89 bits per heavy atom. The van der Waals surface area contributed by atoms with Gasteiger partial charge >= 0.3 is 0 Å². The van der Waals surface area contributed by atoms with Crippen LogP contribution in [0.3, 0.4) is 0 Å². The summed E-state index contributed by atoms with van der Waals surface area (Å²) in [5.41, 5.74) is -0.653. The number of carbonyl (C=O) groups excluding carboxylic acids is 2. The number of hydrogen-bond acceptors (Lipinski definition) is 4. The maximum absolute atomic E-state index is 12.1. The summed E-state index contributed by atoms with van der Waals surface area (Å²) in [6.45, 7) is 1.25. The zero-order chi connectivity index (χ0) is 12.8. The van der Waals surface area contributed by atoms with Gasteiger partial charge in [-0.2, -0.15) is 0 Å². The third-order valence-electron chi connectivity index (χ3n) is 4.12. The molecule has 0 radical (unpaired) electrons. The summed E-state index contributed by atoms with van der Waals surface area (Å²) >= 11 is 1.55. The lowest BCUT2D eigenvalue weighted by Gasteiger charge is -2.24. The van der Waals surface area contributed by atoms with Gasteiger partial charge in [-0.1, -0.05) is 0 Å². The summed E-state index contributed by atoms with van der Waals surface area (Å²) in [5.74, 6) is 1.51. The van der Waals surface area contributed by atoms with Gasteiger partial charge in [-0.25, -0.2) is 0 Å². The third kappa shape index (κ3) is 2.23. The van der Waals surface area contributed by atoms with E-state index in [1.807, 2.05) is 0 Å². The molecule has 1 unspecified atom stereocenters. The van der Waals surface area contributed by atoms with Gasteiger partial charge < -0.3 is 14.9 Å². The molecular weight excluding hydrogens is 252 g/mol. The van der Waals surface area contributed by atoms with Crippen LogP contribution in [-0.2, 0) is 9.59 Å². The van der Waals surface area contributed by atoms with E-state index in [2.05, 4.69) is 0 Å². The predicted octanol–water partition coefficient (Wildman–Crippen LogP) is -0.107. The molecule has 0 bridgehead atoms. The van der Waals surface area contributed by atoms with E-state index in [-0.39, 0.29) is 18.4 Å². The molecule has 0 aromatic heterocycles. The van der Waals surface area contributed by atoms with Crippen molar-refractivity contribution < 1.29 is 14.7 Å². The molecule has 2 aliphatic heterocycles. The molecule has 1 N–H and O–H groups in total. The number of likely N-dealkylation sites (tertiary alicyclic amines) is 1. The number of thioether (sulfide) groups is 1. The predicted molar refractivity (Wildman–Crippen MR) is 67.9 cm³/mol. The topological polar surface area (TPSA) is 60.9 Å². The molecule has 1 atom stereocenters. The van der Waals surface area contributed by atoms with E-state index in [0.717, 1.165) is 12.8 Å². The Bertz CT molecular complexity index is 386. The fourth-order valence-corrected chi connectivity index (χ4v) is 3.69. The summed E-state index contributed by atoms with van der Waals surface area (Å²) in [4.78, 5) is 26.9. The molecule has 5 nitrogen and oxygen atoms in total. The second-order valence-corrected chi connectivity index (χ2v) is 6.47. The van der Waals surface area contributed by atoms with Crippen molar-refractivity contribution in [2.45, 2.75) is 24.9 Å². The van der Waals surface area contributed by atoms with Crippen LogP contribution >= 0.6 is 11.8 Å². The first-order chi connectivity index (χ1) is 8.58. The van der Waals surface area contributed by atoms with Gasteiger partial charge in [0.25, 0.3) is 0 Å². The standard InChI is InChI=1S/C12H18N2O3S/c15-10(5-14-8-18-6-11(14)16)13-4-3-12(17,7-13)9-1-2-9/h9,17H,1-8H2. The largest absolute Gasteiger partial charge is 0.388 e. The van der Waals surface area contributed by atoms with Gasteiger partial charge in [0.1, 0.15) is 6.54 Å². The highest BCUT2D eigenvalue weighted by atomic mass is 32.2. The first-order valence-electron chi connectivity index (χ1n) is 6.44. The fourth-order valence-electron chi connectivity index (χ4n) is 2.79. The first kappa shape index (κ1) is 12.3. The van der Waals surface area contributed by atoms with E-state index >= 15 is 0 Å². The van der Waals surface area contributed by atoms with Crippen LogP contribution < -0.4 is 0 Å². The smallest absolute Gasteiger partial charge is 0.242 e. The Kier molecular flexibility index (Phi) is 3.02. The van der Waals surface area contributed by atoms with Gasteiger partial charge in [-0.3, -0.25) is 9.59 Å². The molecule has 1 saturated carbocycles. The number of carbonyl (C=O) groups is 2. The summed E-state index contributed by atoms with van der Waals surface area (Å²) in [6, 6.07) is 0. The fraction of sp³-hybridized carbons (Fsp3) is 0.833. The molecule has 18 heavy (non-hydrogen) atoms. The second kappa shape index (κ2) is 4.42. The molecule has 0 aromatic carbocycles. The number of rotatable bonds is 3. The lowest BCUT2D eigenvalue weighted by Crippen LogP contribution is -2.42. The monoisotopic (exact) mass is 270 g/mol. The average Bonchev–Trinajstić information content (AvgIpc) is 3.03. The van der Waals surface area contributed by atoms with Crippen LogP contribution in [0, 0.1) is 5.92 Å². The zero-order valence-corrected chi connectivity index (χ0v) is 11.1. The van der Waals surface area contributed by atoms with Crippen LogP contribution in [0.5, 0.6) is 0 Å². The summed E-state index contributed by atoms with van der Waals surface area (Å²) in [5, 5.41) is 10.4. The Balaban J connectivity index is 1.55. The Hall–Kier alpha value is -0.750. The van der Waals surface area contributed by atoms with Crippen LogP contribution in [0.15, 0.2) is 0 Å². The summed E-state index contributed by atoms with van der Waals surface area (Å²) in [7, 11) is 0. The molecule has 3 rings (SSSR count). The summed E-state index contributed by atoms with van der Waals surface area (Å²) < 4.78 is 0. The van der Waals surface area contributed by atoms with E-state index in [0.29, 0.717) is 37.1 Å². The second-order valence-electron chi connectivity index (χ2n) is 5.51. The zero-order valence-electron chi connectivity index (χ0n) is 10.3. The van der Waals surface area contributed by atoms with Gasteiger partial charge in [-0.15, -0.1) is 11.8 Å². The highest BCUT2D eigenvalue weighted by molar-refractivity contribution is 8.00.